The van der Waals surface area contributed by atoms with E-state index in [4.69, 9.17) is 9.47 Å². The summed E-state index contributed by atoms with van der Waals surface area (Å²) in [5, 5.41) is 47.1. The molecule has 0 bridgehead atoms. The monoisotopic (exact) mass is 919 g/mol. The van der Waals surface area contributed by atoms with E-state index >= 15 is 0 Å². The quantitative estimate of drug-likeness (QED) is 0.0377. The Hall–Kier alpha value is -6.75. The van der Waals surface area contributed by atoms with Gasteiger partial charge in [0, 0.05) is 17.7 Å². The number of nitriles is 1. The number of pyridine rings is 1. The number of hydrogen-bond donors (Lipinski definition) is 4. The van der Waals surface area contributed by atoms with Crippen molar-refractivity contribution in [3.63, 3.8) is 0 Å². The van der Waals surface area contributed by atoms with Gasteiger partial charge in [-0.3, -0.25) is 18.1 Å². The summed E-state index contributed by atoms with van der Waals surface area (Å²) in [6.45, 7) is 4.48. The third-order valence-corrected chi connectivity index (χ3v) is 11.7. The molecule has 6 aromatic rings. The lowest BCUT2D eigenvalue weighted by Gasteiger charge is -2.12. The first-order valence-electron chi connectivity index (χ1n) is 18.5. The van der Waals surface area contributed by atoms with E-state index in [1.165, 1.54) is 46.9 Å². The zero-order valence-corrected chi connectivity index (χ0v) is 35.9. The van der Waals surface area contributed by atoms with Crippen LogP contribution in [-0.4, -0.2) is 78.1 Å². The van der Waals surface area contributed by atoms with Crippen molar-refractivity contribution in [1.82, 2.24) is 9.38 Å². The minimum atomic E-state index is -4.63. The van der Waals surface area contributed by atoms with Crippen molar-refractivity contribution >= 4 is 81.2 Å². The SMILES string of the molecule is Cc1cc(N=Nc2c(C)c(C#N)c3nc4ccccc4n3c2O)c(OCCCS(=O)(=O)O)cc1N=Nc1cc(C)c(N=Nc2ccccc2S(=O)(=O)O)cc1OCCCS(=O)(=O)O. The van der Waals surface area contributed by atoms with Crippen molar-refractivity contribution in [3.8, 4) is 23.4 Å². The third-order valence-electron chi connectivity index (χ3n) is 9.15. The van der Waals surface area contributed by atoms with Crippen LogP contribution < -0.4 is 9.47 Å². The topological polar surface area (TPSA) is 317 Å². The molecule has 0 unspecified atom stereocenters. The molecule has 0 atom stereocenters. The zero-order valence-electron chi connectivity index (χ0n) is 33.5. The van der Waals surface area contributed by atoms with Gasteiger partial charge in [-0.25, -0.2) is 4.98 Å². The second kappa shape index (κ2) is 18.7. The number of aromatic hydroxyl groups is 1. The number of aromatic nitrogens is 2. The summed E-state index contributed by atoms with van der Waals surface area (Å²) in [5.74, 6) is -1.45. The van der Waals surface area contributed by atoms with E-state index in [1.54, 1.807) is 45.0 Å². The Morgan fingerprint density at radius 1 is 0.667 bits per heavy atom. The Balaban J connectivity index is 1.39. The largest absolute Gasteiger partial charge is 0.493 e. The van der Waals surface area contributed by atoms with E-state index in [0.29, 0.717) is 27.7 Å². The molecule has 4 aromatic carbocycles. The fourth-order valence-corrected chi connectivity index (χ4v) is 7.66. The van der Waals surface area contributed by atoms with Gasteiger partial charge in [0.15, 0.2) is 11.3 Å². The van der Waals surface area contributed by atoms with Crippen molar-refractivity contribution in [2.45, 2.75) is 38.5 Å². The molecule has 328 valence electrons. The first-order chi connectivity index (χ1) is 29.7. The number of aryl methyl sites for hydroxylation is 2. The lowest BCUT2D eigenvalue weighted by molar-refractivity contribution is 0.317. The van der Waals surface area contributed by atoms with Crippen LogP contribution in [0.4, 0.5) is 34.1 Å². The van der Waals surface area contributed by atoms with Gasteiger partial charge in [-0.05, 0) is 81.1 Å². The molecule has 24 heteroatoms. The van der Waals surface area contributed by atoms with Gasteiger partial charge in [0.1, 0.15) is 45.1 Å². The molecule has 0 aliphatic heterocycles. The highest BCUT2D eigenvalue weighted by atomic mass is 32.2. The van der Waals surface area contributed by atoms with Gasteiger partial charge in [-0.15, -0.1) is 20.5 Å². The van der Waals surface area contributed by atoms with Crippen LogP contribution >= 0.6 is 0 Å². The fraction of sp³-hybridized carbons (Fsp3) is 0.231. The van der Waals surface area contributed by atoms with Crippen LogP contribution in [0, 0.1) is 32.1 Å². The fourth-order valence-electron chi connectivity index (χ4n) is 6.07. The van der Waals surface area contributed by atoms with Gasteiger partial charge in [-0.2, -0.15) is 40.7 Å². The van der Waals surface area contributed by atoms with Crippen molar-refractivity contribution in [2.24, 2.45) is 30.7 Å². The summed E-state index contributed by atoms with van der Waals surface area (Å²) in [5.41, 5.74) is 3.10. The molecule has 0 saturated carbocycles. The van der Waals surface area contributed by atoms with E-state index < -0.39 is 46.8 Å². The van der Waals surface area contributed by atoms with Gasteiger partial charge < -0.3 is 14.6 Å². The number of benzene rings is 4. The molecular formula is C39H37N9O12S3. The number of imidazole rings is 1. The van der Waals surface area contributed by atoms with Gasteiger partial charge in [-0.1, -0.05) is 24.3 Å². The summed E-state index contributed by atoms with van der Waals surface area (Å²) < 4.78 is 110. The zero-order chi connectivity index (χ0) is 45.7. The number of ether oxygens (including phenoxy) is 2. The highest BCUT2D eigenvalue weighted by Crippen LogP contribution is 2.42. The highest BCUT2D eigenvalue weighted by molar-refractivity contribution is 7.86. The number of fused-ring (bicyclic) bond motifs is 3. The molecule has 0 radical (unpaired) electrons. The average molecular weight is 920 g/mol. The molecular weight excluding hydrogens is 883 g/mol. The Morgan fingerprint density at radius 3 is 1.70 bits per heavy atom. The smallest absolute Gasteiger partial charge is 0.296 e. The number of hydrogen-bond acceptors (Lipinski definition) is 17. The molecule has 21 nitrogen and oxygen atoms in total. The normalized spacial score (nSPS) is 12.6. The molecule has 0 amide bonds. The Morgan fingerprint density at radius 2 is 1.16 bits per heavy atom. The van der Waals surface area contributed by atoms with Crippen LogP contribution in [0.25, 0.3) is 16.7 Å². The van der Waals surface area contributed by atoms with Crippen molar-refractivity contribution in [3.05, 3.63) is 95.1 Å². The molecule has 0 fully saturated rings. The maximum Gasteiger partial charge on any atom is 0.296 e. The first kappa shape index (κ1) is 45.8. The predicted molar refractivity (Wildman–Crippen MR) is 228 cm³/mol. The number of rotatable bonds is 17. The van der Waals surface area contributed by atoms with Crippen LogP contribution in [0.5, 0.6) is 17.4 Å². The second-order valence-corrected chi connectivity index (χ2v) is 18.3. The summed E-state index contributed by atoms with van der Waals surface area (Å²) in [6.07, 6.45) is -0.226. The maximum absolute atomic E-state index is 11.9. The summed E-state index contributed by atoms with van der Waals surface area (Å²) in [7, 11) is -13.2. The molecule has 0 aliphatic rings. The van der Waals surface area contributed by atoms with E-state index in [9.17, 15) is 49.3 Å². The first-order valence-corrected chi connectivity index (χ1v) is 23.2. The molecule has 2 heterocycles. The Kier molecular flexibility index (Phi) is 13.6. The van der Waals surface area contributed by atoms with Crippen LogP contribution in [0.1, 0.15) is 35.1 Å². The van der Waals surface area contributed by atoms with E-state index in [1.807, 2.05) is 0 Å². The molecule has 6 rings (SSSR count). The van der Waals surface area contributed by atoms with Crippen LogP contribution in [0.2, 0.25) is 0 Å². The van der Waals surface area contributed by atoms with Gasteiger partial charge >= 0.3 is 0 Å². The predicted octanol–water partition coefficient (Wildman–Crippen LogP) is 8.80. The van der Waals surface area contributed by atoms with Crippen LogP contribution in [0.15, 0.2) is 108 Å². The highest BCUT2D eigenvalue weighted by Gasteiger charge is 2.22. The molecule has 4 N–H and O–H groups in total. The third kappa shape index (κ3) is 11.2. The molecule has 2 aromatic heterocycles. The lowest BCUT2D eigenvalue weighted by atomic mass is 10.1. The van der Waals surface area contributed by atoms with Gasteiger partial charge in [0.2, 0.25) is 5.88 Å². The van der Waals surface area contributed by atoms with Gasteiger partial charge in [0.05, 0.1) is 47.1 Å². The minimum Gasteiger partial charge on any atom is -0.493 e. The number of para-hydroxylation sites is 2. The Labute approximate surface area is 360 Å². The standard InChI is InChI=1S/C39H37N9O12S3/c1-23-18-31(34(59-14-8-16-61(50,51)52)20-29(23)43-42-28-11-5-7-13-36(28)63(56,57)58)45-44-30-21-35(60-15-9-17-62(53,54)55)32(19-24(30)2)46-47-37-25(3)26(22-40)38-41-27-10-4-6-12-33(27)48(38)39(37)49/h4-7,10-13,18-21,49H,8-9,14-17H2,1-3H3,(H,50,51,52)(H,53,54,55)(H,56,57,58). The molecule has 0 aliphatic carbocycles. The second-order valence-electron chi connectivity index (χ2n) is 13.8. The number of nitrogens with zero attached hydrogens (tertiary/aromatic N) is 9. The summed E-state index contributed by atoms with van der Waals surface area (Å²) in [4.78, 5) is 4.03. The van der Waals surface area contributed by atoms with E-state index in [2.05, 4.69) is 41.7 Å². The minimum absolute atomic E-state index is 0.0361. The van der Waals surface area contributed by atoms with Crippen LogP contribution in [0.3, 0.4) is 0 Å². The van der Waals surface area contributed by atoms with Crippen molar-refractivity contribution in [1.29, 1.82) is 5.26 Å². The molecule has 63 heavy (non-hydrogen) atoms. The number of azo groups is 3. The van der Waals surface area contributed by atoms with E-state index in [0.717, 1.165) is 6.07 Å². The lowest BCUT2D eigenvalue weighted by Crippen LogP contribution is -2.08. The van der Waals surface area contributed by atoms with Gasteiger partial charge in [0.25, 0.3) is 30.4 Å². The van der Waals surface area contributed by atoms with Crippen molar-refractivity contribution in [2.75, 3.05) is 24.7 Å². The van der Waals surface area contributed by atoms with Crippen LogP contribution in [-0.2, 0) is 30.4 Å². The summed E-state index contributed by atoms with van der Waals surface area (Å²) in [6, 6.07) is 20.4. The van der Waals surface area contributed by atoms with E-state index in [-0.39, 0.29) is 88.8 Å². The summed E-state index contributed by atoms with van der Waals surface area (Å²) >= 11 is 0. The average Bonchev–Trinajstić information content (AvgIpc) is 3.60. The Bertz CT molecular complexity index is 3240. The van der Waals surface area contributed by atoms with Crippen molar-refractivity contribution < 1.29 is 53.5 Å². The molecule has 0 saturated heterocycles. The molecule has 0 spiro atoms. The maximum atomic E-state index is 11.9.